The summed E-state index contributed by atoms with van der Waals surface area (Å²) < 4.78 is 6.03. The molecule has 1 aliphatic rings. The Morgan fingerprint density at radius 2 is 1.68 bits per heavy atom. The van der Waals surface area contributed by atoms with Crippen LogP contribution >= 0.6 is 0 Å². The van der Waals surface area contributed by atoms with E-state index in [0.717, 1.165) is 61.5 Å². The molecule has 0 amide bonds. The average molecular weight is 375 g/mol. The second-order valence-corrected chi connectivity index (χ2v) is 6.72. The molecule has 144 valence electrons. The molecule has 2 heterocycles. The molecule has 1 saturated heterocycles. The standard InChI is InChI=1S/C22H25N5O/c1-2-26-12-14-27(15-13-26)22-16-21(23-17-24-22)25-19-10-6-7-11-20(19)28-18-8-4-3-5-9-18/h3-11,16-17H,2,12-15H2,1H3,(H,23,24,25). The van der Waals surface area contributed by atoms with Gasteiger partial charge in [-0.3, -0.25) is 0 Å². The quantitative estimate of drug-likeness (QED) is 0.698. The summed E-state index contributed by atoms with van der Waals surface area (Å²) in [5, 5.41) is 3.38. The minimum absolute atomic E-state index is 0.755. The number of nitrogens with one attached hydrogen (secondary N) is 1. The molecule has 1 N–H and O–H groups in total. The number of para-hydroxylation sites is 3. The molecule has 2 aromatic carbocycles. The van der Waals surface area contributed by atoms with Gasteiger partial charge in [0.15, 0.2) is 5.75 Å². The van der Waals surface area contributed by atoms with Gasteiger partial charge in [0.1, 0.15) is 23.7 Å². The summed E-state index contributed by atoms with van der Waals surface area (Å²) in [6.07, 6.45) is 1.62. The van der Waals surface area contributed by atoms with E-state index in [-0.39, 0.29) is 0 Å². The van der Waals surface area contributed by atoms with Crippen molar-refractivity contribution in [2.24, 2.45) is 0 Å². The van der Waals surface area contributed by atoms with Crippen LogP contribution in [0.4, 0.5) is 17.3 Å². The summed E-state index contributed by atoms with van der Waals surface area (Å²) in [6, 6.07) is 19.6. The number of ether oxygens (including phenoxy) is 1. The molecule has 0 atom stereocenters. The number of hydrogen-bond donors (Lipinski definition) is 1. The van der Waals surface area contributed by atoms with E-state index in [1.165, 1.54) is 0 Å². The minimum Gasteiger partial charge on any atom is -0.455 e. The van der Waals surface area contributed by atoms with E-state index >= 15 is 0 Å². The predicted molar refractivity (Wildman–Crippen MR) is 113 cm³/mol. The Morgan fingerprint density at radius 1 is 0.929 bits per heavy atom. The van der Waals surface area contributed by atoms with Crippen LogP contribution in [0.15, 0.2) is 67.0 Å². The van der Waals surface area contributed by atoms with Crippen molar-refractivity contribution in [3.05, 3.63) is 67.0 Å². The molecule has 0 unspecified atom stereocenters. The largest absolute Gasteiger partial charge is 0.455 e. The summed E-state index contributed by atoms with van der Waals surface area (Å²) in [5.41, 5.74) is 0.867. The Morgan fingerprint density at radius 3 is 2.46 bits per heavy atom. The average Bonchev–Trinajstić information content (AvgIpc) is 2.76. The van der Waals surface area contributed by atoms with Crippen LogP contribution in [0.3, 0.4) is 0 Å². The van der Waals surface area contributed by atoms with E-state index in [9.17, 15) is 0 Å². The molecular weight excluding hydrogens is 350 g/mol. The third-order valence-corrected chi connectivity index (χ3v) is 4.92. The monoisotopic (exact) mass is 375 g/mol. The first-order valence-corrected chi connectivity index (χ1v) is 9.70. The van der Waals surface area contributed by atoms with E-state index < -0.39 is 0 Å². The van der Waals surface area contributed by atoms with Crippen molar-refractivity contribution in [3.63, 3.8) is 0 Å². The molecule has 0 spiro atoms. The Balaban J connectivity index is 1.49. The summed E-state index contributed by atoms with van der Waals surface area (Å²) in [4.78, 5) is 13.6. The molecule has 1 fully saturated rings. The normalized spacial score (nSPS) is 14.7. The van der Waals surface area contributed by atoms with E-state index in [4.69, 9.17) is 4.74 Å². The molecule has 0 radical (unpaired) electrons. The molecule has 0 saturated carbocycles. The first kappa shape index (κ1) is 18.3. The van der Waals surface area contributed by atoms with Crippen LogP contribution in [0, 0.1) is 0 Å². The third kappa shape index (κ3) is 4.40. The number of anilines is 3. The maximum absolute atomic E-state index is 6.03. The summed E-state index contributed by atoms with van der Waals surface area (Å²) >= 11 is 0. The Kier molecular flexibility index (Phi) is 5.68. The first-order chi connectivity index (χ1) is 13.8. The van der Waals surface area contributed by atoms with Gasteiger partial charge in [-0.1, -0.05) is 37.3 Å². The van der Waals surface area contributed by atoms with Crippen LogP contribution < -0.4 is 15.0 Å². The highest BCUT2D eigenvalue weighted by atomic mass is 16.5. The zero-order valence-corrected chi connectivity index (χ0v) is 16.1. The van der Waals surface area contributed by atoms with E-state index in [1.807, 2.05) is 60.7 Å². The predicted octanol–water partition coefficient (Wildman–Crippen LogP) is 4.15. The lowest BCUT2D eigenvalue weighted by molar-refractivity contribution is 0.270. The maximum atomic E-state index is 6.03. The van der Waals surface area contributed by atoms with Crippen LogP contribution in [0.2, 0.25) is 0 Å². The highest BCUT2D eigenvalue weighted by Gasteiger charge is 2.17. The van der Waals surface area contributed by atoms with Crippen LogP contribution in [-0.4, -0.2) is 47.6 Å². The summed E-state index contributed by atoms with van der Waals surface area (Å²) in [7, 11) is 0. The van der Waals surface area contributed by atoms with Gasteiger partial charge in [-0.05, 0) is 30.8 Å². The SMILES string of the molecule is CCN1CCN(c2cc(Nc3ccccc3Oc3ccccc3)ncn2)CC1. The lowest BCUT2D eigenvalue weighted by Gasteiger charge is -2.34. The Hall–Kier alpha value is -3.12. The van der Waals surface area contributed by atoms with E-state index in [0.29, 0.717) is 0 Å². The second kappa shape index (κ2) is 8.71. The van der Waals surface area contributed by atoms with Gasteiger partial charge in [0.2, 0.25) is 0 Å². The Labute approximate surface area is 165 Å². The van der Waals surface area contributed by atoms with Crippen molar-refractivity contribution in [2.75, 3.05) is 42.9 Å². The lowest BCUT2D eigenvalue weighted by atomic mass is 10.2. The molecule has 1 aliphatic heterocycles. The fraction of sp³-hybridized carbons (Fsp3) is 0.273. The number of hydrogen-bond acceptors (Lipinski definition) is 6. The van der Waals surface area contributed by atoms with Gasteiger partial charge in [-0.2, -0.15) is 0 Å². The number of aromatic nitrogens is 2. The fourth-order valence-corrected chi connectivity index (χ4v) is 3.29. The number of rotatable bonds is 6. The molecule has 6 heteroatoms. The highest BCUT2D eigenvalue weighted by molar-refractivity contribution is 5.66. The fourth-order valence-electron chi connectivity index (χ4n) is 3.29. The molecular formula is C22H25N5O. The highest BCUT2D eigenvalue weighted by Crippen LogP contribution is 2.31. The third-order valence-electron chi connectivity index (χ3n) is 4.92. The molecule has 4 rings (SSSR count). The Bertz CT molecular complexity index is 894. The van der Waals surface area contributed by atoms with Crippen molar-refractivity contribution in [1.29, 1.82) is 0 Å². The van der Waals surface area contributed by atoms with Crippen LogP contribution in [0.1, 0.15) is 6.92 Å². The summed E-state index contributed by atoms with van der Waals surface area (Å²) in [6.45, 7) is 7.41. The van der Waals surface area contributed by atoms with Gasteiger partial charge in [0.05, 0.1) is 5.69 Å². The molecule has 3 aromatic rings. The molecule has 28 heavy (non-hydrogen) atoms. The van der Waals surface area contributed by atoms with E-state index in [1.54, 1.807) is 6.33 Å². The van der Waals surface area contributed by atoms with Crippen molar-refractivity contribution >= 4 is 17.3 Å². The zero-order chi connectivity index (χ0) is 19.2. The molecule has 0 bridgehead atoms. The van der Waals surface area contributed by atoms with Crippen molar-refractivity contribution < 1.29 is 4.74 Å². The zero-order valence-electron chi connectivity index (χ0n) is 16.1. The van der Waals surface area contributed by atoms with Crippen LogP contribution in [0.5, 0.6) is 11.5 Å². The molecule has 0 aliphatic carbocycles. The van der Waals surface area contributed by atoms with Gasteiger partial charge in [0.25, 0.3) is 0 Å². The van der Waals surface area contributed by atoms with Gasteiger partial charge in [-0.25, -0.2) is 9.97 Å². The topological polar surface area (TPSA) is 53.5 Å². The van der Waals surface area contributed by atoms with Crippen molar-refractivity contribution in [1.82, 2.24) is 14.9 Å². The number of benzene rings is 2. The number of nitrogens with zero attached hydrogens (tertiary/aromatic N) is 4. The molecule has 1 aromatic heterocycles. The summed E-state index contributed by atoms with van der Waals surface area (Å²) in [5.74, 6) is 3.26. The van der Waals surface area contributed by atoms with Gasteiger partial charge < -0.3 is 19.9 Å². The number of likely N-dealkylation sites (N-methyl/N-ethyl adjacent to an activating group) is 1. The van der Waals surface area contributed by atoms with Crippen LogP contribution in [0.25, 0.3) is 0 Å². The van der Waals surface area contributed by atoms with Gasteiger partial charge in [-0.15, -0.1) is 0 Å². The smallest absolute Gasteiger partial charge is 0.150 e. The minimum atomic E-state index is 0.755. The van der Waals surface area contributed by atoms with E-state index in [2.05, 4.69) is 32.0 Å². The van der Waals surface area contributed by atoms with Crippen molar-refractivity contribution in [3.8, 4) is 11.5 Å². The van der Waals surface area contributed by atoms with Gasteiger partial charge in [0, 0.05) is 32.2 Å². The molecule has 6 nitrogen and oxygen atoms in total. The van der Waals surface area contributed by atoms with Crippen LogP contribution in [-0.2, 0) is 0 Å². The number of piperazine rings is 1. The lowest BCUT2D eigenvalue weighted by Crippen LogP contribution is -2.46. The van der Waals surface area contributed by atoms with Crippen molar-refractivity contribution in [2.45, 2.75) is 6.92 Å². The maximum Gasteiger partial charge on any atom is 0.150 e. The second-order valence-electron chi connectivity index (χ2n) is 6.72. The van der Waals surface area contributed by atoms with Gasteiger partial charge >= 0.3 is 0 Å². The first-order valence-electron chi connectivity index (χ1n) is 9.70.